The van der Waals surface area contributed by atoms with Gasteiger partial charge in [-0.25, -0.2) is 0 Å². The normalized spacial score (nSPS) is 10.6. The Morgan fingerprint density at radius 3 is 1.18 bits per heavy atom. The van der Waals surface area contributed by atoms with Crippen LogP contribution in [0.5, 0.6) is 0 Å². The van der Waals surface area contributed by atoms with Gasteiger partial charge in [-0.1, -0.05) is 133 Å². The number of benzene rings is 6. The van der Waals surface area contributed by atoms with Gasteiger partial charge in [-0.15, -0.1) is 0 Å². The summed E-state index contributed by atoms with van der Waals surface area (Å²) in [5.41, 5.74) is 6.39. The summed E-state index contributed by atoms with van der Waals surface area (Å²) in [6, 6.07) is 45.9. The summed E-state index contributed by atoms with van der Waals surface area (Å²) >= 11 is 0. The van der Waals surface area contributed by atoms with E-state index in [1.165, 1.54) is 21.5 Å². The molecule has 0 bridgehead atoms. The Bertz CT molecular complexity index is 1740. The van der Waals surface area contributed by atoms with Crippen LogP contribution < -0.4 is 0 Å². The van der Waals surface area contributed by atoms with Gasteiger partial charge in [-0.05, 0) is 69.1 Å². The maximum absolute atomic E-state index is 3.34. The molecule has 0 heterocycles. The molecule has 38 heavy (non-hydrogen) atoms. The maximum atomic E-state index is 3.34. The monoisotopic (exact) mass is 480 g/mol. The van der Waals surface area contributed by atoms with Gasteiger partial charge in [0.2, 0.25) is 0 Å². The average Bonchev–Trinajstić information content (AvgIpc) is 2.99. The molecule has 0 spiro atoms. The van der Waals surface area contributed by atoms with Gasteiger partial charge >= 0.3 is 0 Å². The first-order valence-corrected chi connectivity index (χ1v) is 12.7. The number of hydrogen-bond acceptors (Lipinski definition) is 0. The van der Waals surface area contributed by atoms with Crippen LogP contribution in [0.25, 0.3) is 33.7 Å². The van der Waals surface area contributed by atoms with E-state index in [2.05, 4.69) is 169 Å². The van der Waals surface area contributed by atoms with Gasteiger partial charge in [-0.3, -0.25) is 0 Å². The quantitative estimate of drug-likeness (QED) is 0.171. The predicted octanol–water partition coefficient (Wildman–Crippen LogP) is 8.96. The average molecular weight is 481 g/mol. The second-order valence-electron chi connectivity index (χ2n) is 9.13. The first-order chi connectivity index (χ1) is 18.8. The third-order valence-corrected chi connectivity index (χ3v) is 6.55. The highest BCUT2D eigenvalue weighted by molar-refractivity contribution is 5.89. The molecule has 0 atom stereocenters. The van der Waals surface area contributed by atoms with Crippen molar-refractivity contribution in [2.75, 3.05) is 0 Å². The Morgan fingerprint density at radius 2 is 0.737 bits per heavy atom. The fourth-order valence-corrected chi connectivity index (χ4v) is 4.50. The lowest BCUT2D eigenvalue weighted by molar-refractivity contribution is 1.59. The number of rotatable bonds is 2. The van der Waals surface area contributed by atoms with Crippen molar-refractivity contribution in [3.05, 3.63) is 167 Å². The van der Waals surface area contributed by atoms with E-state index in [1.807, 2.05) is 0 Å². The summed E-state index contributed by atoms with van der Waals surface area (Å²) in [6.07, 6.45) is 4.25. The minimum atomic E-state index is 1.00. The van der Waals surface area contributed by atoms with Gasteiger partial charge in [0.05, 0.1) is 0 Å². The van der Waals surface area contributed by atoms with Crippen LogP contribution in [0.4, 0.5) is 0 Å². The highest BCUT2D eigenvalue weighted by atomic mass is 14.0. The smallest absolute Gasteiger partial charge is 0.0327 e. The fourth-order valence-electron chi connectivity index (χ4n) is 4.50. The van der Waals surface area contributed by atoms with E-state index in [-0.39, 0.29) is 0 Å². The molecule has 176 valence electrons. The Kier molecular flexibility index (Phi) is 6.55. The van der Waals surface area contributed by atoms with Crippen LogP contribution in [-0.4, -0.2) is 0 Å². The second-order valence-corrected chi connectivity index (χ2v) is 9.13. The lowest BCUT2D eigenvalue weighted by atomic mass is 10.0. The lowest BCUT2D eigenvalue weighted by Gasteiger charge is -2.00. The molecule has 6 rings (SSSR count). The Labute approximate surface area is 223 Å². The molecule has 0 unspecified atom stereocenters. The van der Waals surface area contributed by atoms with Gasteiger partial charge in [0.25, 0.3) is 0 Å². The van der Waals surface area contributed by atoms with Crippen molar-refractivity contribution in [1.82, 2.24) is 0 Å². The third-order valence-electron chi connectivity index (χ3n) is 6.55. The topological polar surface area (TPSA) is 0 Å². The third kappa shape index (κ3) is 5.27. The SMILES string of the molecule is C(#Cc1cccc2ccccc12)c1ccc(/C=C\c2ccc(C#Cc3cccc4ccccc34)cc2)cc1. The highest BCUT2D eigenvalue weighted by Crippen LogP contribution is 2.19. The molecule has 6 aromatic rings. The largest absolute Gasteiger partial charge is 0.0616 e. The van der Waals surface area contributed by atoms with E-state index in [0.29, 0.717) is 0 Å². The molecule has 0 nitrogen and oxygen atoms in total. The van der Waals surface area contributed by atoms with Gasteiger partial charge in [0.1, 0.15) is 0 Å². The minimum absolute atomic E-state index is 1.00. The Balaban J connectivity index is 1.13. The molecule has 0 radical (unpaired) electrons. The standard InChI is InChI=1S/C38H24/c1-3-13-37-33(7-1)9-5-11-35(37)27-25-31-21-17-29(18-22-31)15-16-30-19-23-32(24-20-30)26-28-36-12-6-10-34-8-2-4-14-38(34)36/h1-24H/b16-15-. The first-order valence-electron chi connectivity index (χ1n) is 12.7. The summed E-state index contributed by atoms with van der Waals surface area (Å²) < 4.78 is 0. The van der Waals surface area contributed by atoms with Crippen LogP contribution in [0.15, 0.2) is 133 Å². The van der Waals surface area contributed by atoms with Crippen molar-refractivity contribution in [2.45, 2.75) is 0 Å². The molecule has 0 aliphatic heterocycles. The molecule has 0 fully saturated rings. The van der Waals surface area contributed by atoms with E-state index >= 15 is 0 Å². The molecule has 0 aromatic heterocycles. The maximum Gasteiger partial charge on any atom is 0.0327 e. The fraction of sp³-hybridized carbons (Fsp3) is 0. The summed E-state index contributed by atoms with van der Waals surface area (Å²) in [7, 11) is 0. The molecule has 0 aliphatic rings. The zero-order chi connectivity index (χ0) is 25.6. The van der Waals surface area contributed by atoms with Gasteiger partial charge in [-0.2, -0.15) is 0 Å². The summed E-state index contributed by atoms with van der Waals surface area (Å²) in [5, 5.41) is 4.80. The van der Waals surface area contributed by atoms with Crippen LogP contribution in [0, 0.1) is 23.7 Å². The van der Waals surface area contributed by atoms with Gasteiger partial charge in [0.15, 0.2) is 0 Å². The lowest BCUT2D eigenvalue weighted by Crippen LogP contribution is -1.81. The number of hydrogen-bond donors (Lipinski definition) is 0. The van der Waals surface area contributed by atoms with E-state index in [9.17, 15) is 0 Å². The predicted molar refractivity (Wildman–Crippen MR) is 162 cm³/mol. The highest BCUT2D eigenvalue weighted by Gasteiger charge is 1.98. The molecular weight excluding hydrogens is 456 g/mol. The summed E-state index contributed by atoms with van der Waals surface area (Å²) in [6.45, 7) is 0. The van der Waals surface area contributed by atoms with Crippen molar-refractivity contribution in [2.24, 2.45) is 0 Å². The molecule has 0 amide bonds. The summed E-state index contributed by atoms with van der Waals surface area (Å²) in [4.78, 5) is 0. The zero-order valence-corrected chi connectivity index (χ0v) is 20.9. The van der Waals surface area contributed by atoms with Crippen molar-refractivity contribution in [3.63, 3.8) is 0 Å². The van der Waals surface area contributed by atoms with Crippen LogP contribution >= 0.6 is 0 Å². The van der Waals surface area contributed by atoms with Crippen molar-refractivity contribution in [3.8, 4) is 23.7 Å². The minimum Gasteiger partial charge on any atom is -0.0616 e. The number of fused-ring (bicyclic) bond motifs is 2. The Hall–Kier alpha value is -5.30. The van der Waals surface area contributed by atoms with Crippen molar-refractivity contribution < 1.29 is 0 Å². The van der Waals surface area contributed by atoms with E-state index in [0.717, 1.165) is 33.4 Å². The van der Waals surface area contributed by atoms with Crippen molar-refractivity contribution in [1.29, 1.82) is 0 Å². The molecule has 0 saturated heterocycles. The molecule has 0 heteroatoms. The van der Waals surface area contributed by atoms with Gasteiger partial charge < -0.3 is 0 Å². The van der Waals surface area contributed by atoms with Crippen LogP contribution in [0.1, 0.15) is 33.4 Å². The molecule has 6 aromatic carbocycles. The second kappa shape index (κ2) is 10.8. The first kappa shape index (κ1) is 23.1. The van der Waals surface area contributed by atoms with Gasteiger partial charge in [0, 0.05) is 22.3 Å². The molecular formula is C38H24. The zero-order valence-electron chi connectivity index (χ0n) is 20.9. The van der Waals surface area contributed by atoms with Crippen LogP contribution in [0.2, 0.25) is 0 Å². The molecule has 0 saturated carbocycles. The van der Waals surface area contributed by atoms with Crippen LogP contribution in [-0.2, 0) is 0 Å². The van der Waals surface area contributed by atoms with E-state index in [4.69, 9.17) is 0 Å². The van der Waals surface area contributed by atoms with Crippen molar-refractivity contribution >= 4 is 33.7 Å². The summed E-state index contributed by atoms with van der Waals surface area (Å²) in [5.74, 6) is 13.3. The van der Waals surface area contributed by atoms with E-state index in [1.54, 1.807) is 0 Å². The Morgan fingerprint density at radius 1 is 0.342 bits per heavy atom. The molecule has 0 N–H and O–H groups in total. The van der Waals surface area contributed by atoms with Crippen LogP contribution in [0.3, 0.4) is 0 Å². The van der Waals surface area contributed by atoms with E-state index < -0.39 is 0 Å². The molecule has 0 aliphatic carbocycles.